The molecule has 0 bridgehead atoms. The molecule has 0 aromatic carbocycles. The molecule has 0 radical (unpaired) electrons. The average Bonchev–Trinajstić information content (AvgIpc) is 2.35. The van der Waals surface area contributed by atoms with E-state index in [9.17, 15) is 0 Å². The lowest BCUT2D eigenvalue weighted by Crippen LogP contribution is -2.24. The summed E-state index contributed by atoms with van der Waals surface area (Å²) in [5.74, 6) is 0. The molecule has 0 aliphatic heterocycles. The molecule has 3 nitrogen and oxygen atoms in total. The molecule has 0 spiro atoms. The van der Waals surface area contributed by atoms with Crippen molar-refractivity contribution in [3.8, 4) is 0 Å². The van der Waals surface area contributed by atoms with Gasteiger partial charge in [-0.25, -0.2) is 4.98 Å². The molecule has 1 heterocycles. The molecule has 1 aromatic heterocycles. The number of imidazole rings is 1. The van der Waals surface area contributed by atoms with Crippen molar-refractivity contribution in [3.05, 3.63) is 18.2 Å². The monoisotopic (exact) mass is 167 g/mol. The fourth-order valence-electron chi connectivity index (χ4n) is 1.50. The highest BCUT2D eigenvalue weighted by atomic mass is 15.0. The van der Waals surface area contributed by atoms with Gasteiger partial charge in [0.2, 0.25) is 0 Å². The molecule has 2 N–H and O–H groups in total. The van der Waals surface area contributed by atoms with Crippen LogP contribution >= 0.6 is 0 Å². The summed E-state index contributed by atoms with van der Waals surface area (Å²) >= 11 is 0. The Morgan fingerprint density at radius 2 is 2.25 bits per heavy atom. The number of aromatic nitrogens is 2. The van der Waals surface area contributed by atoms with Gasteiger partial charge < -0.3 is 10.3 Å². The topological polar surface area (TPSA) is 43.8 Å². The third-order valence-corrected chi connectivity index (χ3v) is 2.28. The van der Waals surface area contributed by atoms with E-state index in [2.05, 4.69) is 23.4 Å². The van der Waals surface area contributed by atoms with Gasteiger partial charge in [-0.3, -0.25) is 0 Å². The smallest absolute Gasteiger partial charge is 0.0945 e. The van der Waals surface area contributed by atoms with Crippen molar-refractivity contribution in [2.45, 2.75) is 25.7 Å². The number of nitrogens with zero attached hydrogens (tertiary/aromatic N) is 2. The molecule has 68 valence electrons. The van der Waals surface area contributed by atoms with Gasteiger partial charge in [0.05, 0.1) is 6.33 Å². The minimum Gasteiger partial charge on any atom is -0.337 e. The highest BCUT2D eigenvalue weighted by molar-refractivity contribution is 5.11. The summed E-state index contributed by atoms with van der Waals surface area (Å²) in [5, 5.41) is 0. The van der Waals surface area contributed by atoms with Gasteiger partial charge in [-0.1, -0.05) is 13.8 Å². The molecule has 0 aliphatic rings. The second-order valence-electron chi connectivity index (χ2n) is 3.81. The minimum absolute atomic E-state index is 0.139. The first-order chi connectivity index (χ1) is 5.58. The highest BCUT2D eigenvalue weighted by Gasteiger charge is 2.22. The van der Waals surface area contributed by atoms with Gasteiger partial charge in [0.15, 0.2) is 0 Å². The maximum absolute atomic E-state index is 5.54. The molecular weight excluding hydrogens is 150 g/mol. The molecule has 0 amide bonds. The van der Waals surface area contributed by atoms with Gasteiger partial charge in [0.25, 0.3) is 0 Å². The fraction of sp³-hybridized carbons (Fsp3) is 0.667. The number of rotatable bonds is 3. The van der Waals surface area contributed by atoms with Crippen LogP contribution in [0.4, 0.5) is 0 Å². The predicted octanol–water partition coefficient (Wildman–Crippen LogP) is 1.05. The van der Waals surface area contributed by atoms with Crippen molar-refractivity contribution < 1.29 is 0 Å². The minimum atomic E-state index is 0.139. The van der Waals surface area contributed by atoms with E-state index in [0.29, 0.717) is 0 Å². The van der Waals surface area contributed by atoms with Crippen molar-refractivity contribution in [3.63, 3.8) is 0 Å². The Labute approximate surface area is 73.6 Å². The summed E-state index contributed by atoms with van der Waals surface area (Å²) in [5.41, 5.74) is 6.92. The molecule has 1 rings (SSSR count). The molecule has 0 unspecified atom stereocenters. The molecule has 12 heavy (non-hydrogen) atoms. The first-order valence-electron chi connectivity index (χ1n) is 4.25. The summed E-state index contributed by atoms with van der Waals surface area (Å²) in [7, 11) is 2.01. The van der Waals surface area contributed by atoms with E-state index in [1.54, 1.807) is 0 Å². The summed E-state index contributed by atoms with van der Waals surface area (Å²) in [6, 6.07) is 0. The Balaban J connectivity index is 2.88. The first-order valence-corrected chi connectivity index (χ1v) is 4.25. The molecule has 3 heteroatoms. The van der Waals surface area contributed by atoms with Crippen LogP contribution in [0.2, 0.25) is 0 Å². The third-order valence-electron chi connectivity index (χ3n) is 2.28. The number of hydrogen-bond acceptors (Lipinski definition) is 2. The second-order valence-corrected chi connectivity index (χ2v) is 3.81. The Morgan fingerprint density at radius 3 is 2.67 bits per heavy atom. The van der Waals surface area contributed by atoms with Crippen LogP contribution in [-0.4, -0.2) is 16.1 Å². The van der Waals surface area contributed by atoms with Crippen LogP contribution in [0.5, 0.6) is 0 Å². The van der Waals surface area contributed by atoms with E-state index in [0.717, 1.165) is 13.0 Å². The zero-order chi connectivity index (χ0) is 9.19. The first kappa shape index (κ1) is 9.26. The molecule has 0 aliphatic carbocycles. The second kappa shape index (κ2) is 3.27. The quantitative estimate of drug-likeness (QED) is 0.731. The summed E-state index contributed by atoms with van der Waals surface area (Å²) in [6.07, 6.45) is 4.73. The van der Waals surface area contributed by atoms with Crippen LogP contribution in [0.15, 0.2) is 12.5 Å². The van der Waals surface area contributed by atoms with E-state index in [1.807, 2.05) is 19.6 Å². The molecule has 1 aromatic rings. The Kier molecular flexibility index (Phi) is 2.52. The SMILES string of the molecule is Cn1cncc1C(C)(C)CCN. The Morgan fingerprint density at radius 1 is 1.58 bits per heavy atom. The van der Waals surface area contributed by atoms with Gasteiger partial charge in [0, 0.05) is 24.4 Å². The maximum Gasteiger partial charge on any atom is 0.0945 e. The average molecular weight is 167 g/mol. The van der Waals surface area contributed by atoms with Crippen LogP contribution in [0.25, 0.3) is 0 Å². The largest absolute Gasteiger partial charge is 0.337 e. The van der Waals surface area contributed by atoms with Crippen molar-refractivity contribution >= 4 is 0 Å². The highest BCUT2D eigenvalue weighted by Crippen LogP contribution is 2.25. The lowest BCUT2D eigenvalue weighted by atomic mass is 9.86. The van der Waals surface area contributed by atoms with Gasteiger partial charge in [0.1, 0.15) is 0 Å². The van der Waals surface area contributed by atoms with Gasteiger partial charge in [-0.05, 0) is 13.0 Å². The van der Waals surface area contributed by atoms with Crippen LogP contribution in [-0.2, 0) is 12.5 Å². The Hall–Kier alpha value is -0.830. The van der Waals surface area contributed by atoms with E-state index in [1.165, 1.54) is 5.69 Å². The van der Waals surface area contributed by atoms with Crippen molar-refractivity contribution in [1.29, 1.82) is 0 Å². The zero-order valence-corrected chi connectivity index (χ0v) is 8.04. The summed E-state index contributed by atoms with van der Waals surface area (Å²) < 4.78 is 2.05. The normalized spacial score (nSPS) is 12.0. The molecule has 0 atom stereocenters. The molecule has 0 fully saturated rings. The lowest BCUT2D eigenvalue weighted by molar-refractivity contribution is 0.458. The van der Waals surface area contributed by atoms with Crippen LogP contribution in [0.3, 0.4) is 0 Å². The van der Waals surface area contributed by atoms with E-state index in [-0.39, 0.29) is 5.41 Å². The zero-order valence-electron chi connectivity index (χ0n) is 8.04. The van der Waals surface area contributed by atoms with Gasteiger partial charge >= 0.3 is 0 Å². The van der Waals surface area contributed by atoms with E-state index in [4.69, 9.17) is 5.73 Å². The number of aryl methyl sites for hydroxylation is 1. The van der Waals surface area contributed by atoms with E-state index < -0.39 is 0 Å². The summed E-state index contributed by atoms with van der Waals surface area (Å²) in [4.78, 5) is 4.09. The van der Waals surface area contributed by atoms with E-state index >= 15 is 0 Å². The van der Waals surface area contributed by atoms with Gasteiger partial charge in [-0.2, -0.15) is 0 Å². The predicted molar refractivity (Wildman–Crippen MR) is 49.9 cm³/mol. The lowest BCUT2D eigenvalue weighted by Gasteiger charge is -2.23. The summed E-state index contributed by atoms with van der Waals surface area (Å²) in [6.45, 7) is 5.10. The van der Waals surface area contributed by atoms with Crippen molar-refractivity contribution in [2.75, 3.05) is 6.54 Å². The van der Waals surface area contributed by atoms with Crippen LogP contribution in [0, 0.1) is 0 Å². The number of hydrogen-bond donors (Lipinski definition) is 1. The van der Waals surface area contributed by atoms with Crippen molar-refractivity contribution in [1.82, 2.24) is 9.55 Å². The Bertz CT molecular complexity index is 250. The van der Waals surface area contributed by atoms with Crippen LogP contribution in [0.1, 0.15) is 26.0 Å². The van der Waals surface area contributed by atoms with Gasteiger partial charge in [-0.15, -0.1) is 0 Å². The number of nitrogens with two attached hydrogens (primary N) is 1. The van der Waals surface area contributed by atoms with Crippen molar-refractivity contribution in [2.24, 2.45) is 12.8 Å². The third kappa shape index (κ3) is 1.67. The molecular formula is C9H17N3. The molecule has 0 saturated carbocycles. The standard InChI is InChI=1S/C9H17N3/c1-9(2,4-5-10)8-6-11-7-12(8)3/h6-7H,4-5,10H2,1-3H3. The molecule has 0 saturated heterocycles. The maximum atomic E-state index is 5.54. The fourth-order valence-corrected chi connectivity index (χ4v) is 1.50. The van der Waals surface area contributed by atoms with Crippen LogP contribution < -0.4 is 5.73 Å².